The molecule has 0 spiro atoms. The summed E-state index contributed by atoms with van der Waals surface area (Å²) in [6.07, 6.45) is 7.78. The average Bonchev–Trinajstić information content (AvgIpc) is 3.36. The molecule has 62 heavy (non-hydrogen) atoms. The van der Waals surface area contributed by atoms with E-state index in [0.717, 1.165) is 85.7 Å². The Balaban J connectivity index is 0.949. The number of aromatic nitrogens is 5. The van der Waals surface area contributed by atoms with Crippen LogP contribution < -0.4 is 0 Å². The minimum atomic E-state index is -0.0898. The first-order valence-electron chi connectivity index (χ1n) is 21.6. The van der Waals surface area contributed by atoms with Gasteiger partial charge in [-0.3, -0.25) is 4.98 Å². The fraction of sp³-hybridized carbons (Fsp3) is 0.105. The second kappa shape index (κ2) is 16.1. The highest BCUT2D eigenvalue weighted by Gasteiger charge is 2.35. The first kappa shape index (κ1) is 37.4. The summed E-state index contributed by atoms with van der Waals surface area (Å²) in [5, 5.41) is 4.64. The first-order chi connectivity index (χ1) is 30.6. The first-order valence-corrected chi connectivity index (χ1v) is 21.6. The molecule has 3 heterocycles. The maximum Gasteiger partial charge on any atom is 0.160 e. The Morgan fingerprint density at radius 3 is 1.34 bits per heavy atom. The van der Waals surface area contributed by atoms with E-state index in [2.05, 4.69) is 152 Å². The summed E-state index contributed by atoms with van der Waals surface area (Å²) in [7, 11) is 0. The maximum atomic E-state index is 5.16. The summed E-state index contributed by atoms with van der Waals surface area (Å²) in [5.74, 6) is 1.41. The van der Waals surface area contributed by atoms with E-state index in [-0.39, 0.29) is 5.41 Å². The number of nitrogens with zero attached hydrogens (tertiary/aromatic N) is 5. The highest BCUT2D eigenvalue weighted by molar-refractivity contribution is 5.88. The summed E-state index contributed by atoms with van der Waals surface area (Å²) >= 11 is 0. The lowest BCUT2D eigenvalue weighted by Gasteiger charge is -2.39. The van der Waals surface area contributed by atoms with Crippen molar-refractivity contribution >= 4 is 21.5 Å². The molecule has 10 aromatic rings. The van der Waals surface area contributed by atoms with Gasteiger partial charge in [0.05, 0.1) is 28.5 Å². The van der Waals surface area contributed by atoms with Crippen LogP contribution in [0.2, 0.25) is 0 Å². The van der Waals surface area contributed by atoms with Crippen molar-refractivity contribution < 1.29 is 0 Å². The lowest BCUT2D eigenvalue weighted by molar-refractivity contribution is 0.346. The van der Waals surface area contributed by atoms with Crippen LogP contribution >= 0.6 is 0 Å². The van der Waals surface area contributed by atoms with Gasteiger partial charge in [-0.2, -0.15) is 0 Å². The molecule has 1 fully saturated rings. The van der Waals surface area contributed by atoms with Gasteiger partial charge < -0.3 is 0 Å². The van der Waals surface area contributed by atoms with Crippen molar-refractivity contribution in [3.8, 4) is 67.9 Å². The van der Waals surface area contributed by atoms with Crippen LogP contribution in [0.4, 0.5) is 0 Å². The van der Waals surface area contributed by atoms with Crippen molar-refractivity contribution in [2.24, 2.45) is 0 Å². The van der Waals surface area contributed by atoms with Crippen molar-refractivity contribution in [2.45, 2.75) is 37.5 Å². The van der Waals surface area contributed by atoms with Crippen LogP contribution in [0.15, 0.2) is 200 Å². The fourth-order valence-electron chi connectivity index (χ4n) is 9.29. The topological polar surface area (TPSA) is 64.5 Å². The number of hydrogen-bond donors (Lipinski definition) is 0. The Kier molecular flexibility index (Phi) is 9.70. The van der Waals surface area contributed by atoms with E-state index in [1.807, 2.05) is 48.7 Å². The Morgan fingerprint density at radius 1 is 0.306 bits per heavy atom. The van der Waals surface area contributed by atoms with Crippen molar-refractivity contribution in [3.63, 3.8) is 0 Å². The third-order valence-corrected chi connectivity index (χ3v) is 12.6. The zero-order valence-electron chi connectivity index (χ0n) is 34.3. The van der Waals surface area contributed by atoms with Crippen LogP contribution in [0.3, 0.4) is 0 Å². The predicted molar refractivity (Wildman–Crippen MR) is 253 cm³/mol. The Hall–Kier alpha value is -7.63. The van der Waals surface area contributed by atoms with Gasteiger partial charge in [0.25, 0.3) is 0 Å². The smallest absolute Gasteiger partial charge is 0.160 e. The summed E-state index contributed by atoms with van der Waals surface area (Å²) < 4.78 is 0. The molecule has 5 nitrogen and oxygen atoms in total. The quantitative estimate of drug-likeness (QED) is 0.153. The van der Waals surface area contributed by atoms with E-state index in [1.54, 1.807) is 0 Å². The number of fused-ring (bicyclic) bond motifs is 2. The summed E-state index contributed by atoms with van der Waals surface area (Å²) in [6, 6.07) is 68.5. The van der Waals surface area contributed by atoms with Crippen LogP contribution in [0, 0.1) is 0 Å². The Bertz CT molecular complexity index is 2980. The van der Waals surface area contributed by atoms with Crippen LogP contribution in [0.5, 0.6) is 0 Å². The lowest BCUT2D eigenvalue weighted by atomic mass is 9.65. The molecule has 0 N–H and O–H groups in total. The molecule has 0 radical (unpaired) electrons. The molecule has 1 saturated carbocycles. The van der Waals surface area contributed by atoms with Gasteiger partial charge in [-0.25, -0.2) is 19.9 Å². The standard InChI is InChI=1S/C57H43N5/c1-4-15-42(16-5-1)55-59-50(36-52(61-55)46-23-22-39-14-8-9-19-44(39)34-46)40-24-28-48(29-25-40)57(32-12-3-13-33-57)49-30-26-41(27-31-49)51-37-54(62-56(60-51)43-17-6-2-7-18-43)53-35-45-20-10-11-21-47(45)38-58-53/h1-2,4-11,14-31,34-38H,3,12-13,32-33H2. The predicted octanol–water partition coefficient (Wildman–Crippen LogP) is 14.2. The monoisotopic (exact) mass is 797 g/mol. The minimum Gasteiger partial charge on any atom is -0.254 e. The SMILES string of the molecule is c1ccc(-c2nc(-c3ccc(C4(c5ccc(-c6cc(-c7cc8ccccc8cn7)nc(-c7ccccc7)n6)cc5)CCCCC4)cc3)cc(-c3ccc4ccccc4c3)n2)cc1. The lowest BCUT2D eigenvalue weighted by Crippen LogP contribution is -2.30. The summed E-state index contributed by atoms with van der Waals surface area (Å²) in [5.41, 5.74) is 12.1. The van der Waals surface area contributed by atoms with Gasteiger partial charge in [-0.05, 0) is 64.4 Å². The normalized spacial score (nSPS) is 13.6. The molecular formula is C57H43N5. The minimum absolute atomic E-state index is 0.0898. The zero-order chi connectivity index (χ0) is 41.3. The molecular weight excluding hydrogens is 755 g/mol. The molecule has 0 bridgehead atoms. The number of hydrogen-bond acceptors (Lipinski definition) is 5. The Labute approximate surface area is 361 Å². The second-order valence-corrected chi connectivity index (χ2v) is 16.4. The number of benzene rings is 7. The van der Waals surface area contributed by atoms with Crippen LogP contribution in [-0.2, 0) is 5.41 Å². The number of rotatable bonds is 8. The molecule has 3 aromatic heterocycles. The highest BCUT2D eigenvalue weighted by atomic mass is 14.9. The van der Waals surface area contributed by atoms with E-state index >= 15 is 0 Å². The molecule has 1 aliphatic rings. The van der Waals surface area contributed by atoms with Crippen LogP contribution in [0.1, 0.15) is 43.2 Å². The fourth-order valence-corrected chi connectivity index (χ4v) is 9.29. The Morgan fingerprint density at radius 2 is 0.758 bits per heavy atom. The van der Waals surface area contributed by atoms with E-state index in [0.29, 0.717) is 5.82 Å². The van der Waals surface area contributed by atoms with E-state index in [4.69, 9.17) is 24.9 Å². The maximum absolute atomic E-state index is 5.16. The molecule has 7 aromatic carbocycles. The third-order valence-electron chi connectivity index (χ3n) is 12.6. The zero-order valence-corrected chi connectivity index (χ0v) is 34.3. The van der Waals surface area contributed by atoms with Gasteiger partial charge in [-0.15, -0.1) is 0 Å². The van der Waals surface area contributed by atoms with Crippen molar-refractivity contribution in [1.82, 2.24) is 24.9 Å². The van der Waals surface area contributed by atoms with Gasteiger partial charge in [0.2, 0.25) is 0 Å². The molecule has 1 aliphatic carbocycles. The second-order valence-electron chi connectivity index (χ2n) is 16.4. The third kappa shape index (κ3) is 7.22. The van der Waals surface area contributed by atoms with Gasteiger partial charge in [0.1, 0.15) is 0 Å². The highest BCUT2D eigenvalue weighted by Crippen LogP contribution is 2.46. The van der Waals surface area contributed by atoms with Crippen molar-refractivity contribution in [2.75, 3.05) is 0 Å². The van der Waals surface area contributed by atoms with Gasteiger partial charge in [-0.1, -0.05) is 189 Å². The van der Waals surface area contributed by atoms with E-state index in [1.165, 1.54) is 41.2 Å². The van der Waals surface area contributed by atoms with E-state index < -0.39 is 0 Å². The molecule has 0 atom stereocenters. The molecule has 296 valence electrons. The van der Waals surface area contributed by atoms with Crippen molar-refractivity contribution in [3.05, 3.63) is 211 Å². The molecule has 0 saturated heterocycles. The van der Waals surface area contributed by atoms with Crippen LogP contribution in [0.25, 0.3) is 89.5 Å². The molecule has 0 amide bonds. The summed E-state index contributed by atoms with van der Waals surface area (Å²) in [4.78, 5) is 25.3. The average molecular weight is 798 g/mol. The molecule has 5 heteroatoms. The molecule has 0 aliphatic heterocycles. The van der Waals surface area contributed by atoms with Gasteiger partial charge in [0.15, 0.2) is 11.6 Å². The van der Waals surface area contributed by atoms with E-state index in [9.17, 15) is 0 Å². The van der Waals surface area contributed by atoms with Gasteiger partial charge >= 0.3 is 0 Å². The van der Waals surface area contributed by atoms with Crippen LogP contribution in [-0.4, -0.2) is 24.9 Å². The van der Waals surface area contributed by atoms with Crippen molar-refractivity contribution in [1.29, 1.82) is 0 Å². The molecule has 11 rings (SSSR count). The number of pyridine rings is 1. The van der Waals surface area contributed by atoms with Gasteiger partial charge in [0, 0.05) is 44.8 Å². The molecule has 0 unspecified atom stereocenters. The largest absolute Gasteiger partial charge is 0.254 e. The summed E-state index contributed by atoms with van der Waals surface area (Å²) in [6.45, 7) is 0.